The number of aliphatic hydroxyl groups is 5. The van der Waals surface area contributed by atoms with Gasteiger partial charge in [0.15, 0.2) is 0 Å². The van der Waals surface area contributed by atoms with Crippen molar-refractivity contribution < 1.29 is 25.5 Å². The summed E-state index contributed by atoms with van der Waals surface area (Å²) < 4.78 is 0. The smallest absolute Gasteiger partial charge is 0.0835 e. The molecule has 5 saturated carbocycles. The Morgan fingerprint density at radius 1 is 0.424 bits per heavy atom. The second-order valence-electron chi connectivity index (χ2n) is 27.4. The number of hydrogen-bond acceptors (Lipinski definition) is 11. The van der Waals surface area contributed by atoms with Gasteiger partial charge in [-0.15, -0.1) is 24.8 Å². The third-order valence-corrected chi connectivity index (χ3v) is 22.8. The zero-order valence-electron chi connectivity index (χ0n) is 49.7. The lowest BCUT2D eigenvalue weighted by molar-refractivity contribution is -0.0447. The van der Waals surface area contributed by atoms with Crippen molar-refractivity contribution in [1.82, 2.24) is 30.0 Å². The Balaban J connectivity index is 0.000000111. The van der Waals surface area contributed by atoms with Gasteiger partial charge in [-0.25, -0.2) is 0 Å². The SMILES string of the molecule is C1=CC2C3CC(CN(Cc4ccccc4)C3)C2C1.CO.Cl.Cl.OC1C(O)C2CC1C1C=CCC12.OC1CC2C3CC(CN(Cc4ccccc4)C3)C2C1O.c1cc2c(cn1)C1CNCC2C1.c1ccc(CN2CC3CC(C2)c2cnccc23)cc1. The van der Waals surface area contributed by atoms with Gasteiger partial charge in [0.2, 0.25) is 0 Å². The number of aliphatic hydroxyl groups excluding tert-OH is 5. The van der Waals surface area contributed by atoms with Crippen molar-refractivity contribution >= 4 is 24.8 Å². The first-order valence-corrected chi connectivity index (χ1v) is 32.1. The van der Waals surface area contributed by atoms with Crippen LogP contribution in [0, 0.1) is 71.0 Å². The van der Waals surface area contributed by atoms with Gasteiger partial charge in [-0.1, -0.05) is 115 Å². The molecule has 11 nitrogen and oxygen atoms in total. The number of likely N-dealkylation sites (tertiary alicyclic amines) is 3. The second kappa shape index (κ2) is 28.0. The monoisotopic (exact) mass is 1190 g/mol. The minimum atomic E-state index is -0.480. The first-order valence-electron chi connectivity index (χ1n) is 32.1. The van der Waals surface area contributed by atoms with E-state index in [9.17, 15) is 20.4 Å². The van der Waals surface area contributed by atoms with Crippen molar-refractivity contribution in [2.24, 2.45) is 71.0 Å². The number of hydrogen-bond donors (Lipinski definition) is 6. The summed E-state index contributed by atoms with van der Waals surface area (Å²) in [6.45, 7) is 12.8. The number of halogens is 2. The number of aromatic nitrogens is 2. The molecule has 18 rings (SSSR count). The van der Waals surface area contributed by atoms with Gasteiger partial charge in [-0.2, -0.15) is 0 Å². The average Bonchev–Trinajstić information content (AvgIpc) is 3.84. The molecule has 20 unspecified atom stereocenters. The Labute approximate surface area is 518 Å². The van der Waals surface area contributed by atoms with E-state index in [1.54, 1.807) is 11.1 Å². The highest BCUT2D eigenvalue weighted by Crippen LogP contribution is 2.57. The lowest BCUT2D eigenvalue weighted by atomic mass is 9.78. The molecule has 0 amide bonds. The van der Waals surface area contributed by atoms with E-state index in [4.69, 9.17) is 5.11 Å². The van der Waals surface area contributed by atoms with E-state index < -0.39 is 24.4 Å². The van der Waals surface area contributed by atoms with E-state index in [0.29, 0.717) is 53.3 Å². The molecule has 13 aliphatic rings. The van der Waals surface area contributed by atoms with Crippen LogP contribution in [0.4, 0.5) is 0 Å². The predicted octanol–water partition coefficient (Wildman–Crippen LogP) is 10.3. The highest BCUT2D eigenvalue weighted by Gasteiger charge is 2.58. The summed E-state index contributed by atoms with van der Waals surface area (Å²) in [5, 5.41) is 49.9. The topological polar surface area (TPSA) is 149 Å². The van der Waals surface area contributed by atoms with Gasteiger partial charge in [0.1, 0.15) is 0 Å². The highest BCUT2D eigenvalue weighted by molar-refractivity contribution is 5.85. The molecule has 4 saturated heterocycles. The van der Waals surface area contributed by atoms with Crippen molar-refractivity contribution in [3.63, 3.8) is 0 Å². The predicted molar refractivity (Wildman–Crippen MR) is 341 cm³/mol. The summed E-state index contributed by atoms with van der Waals surface area (Å²) in [6, 6.07) is 36.8. The Morgan fingerprint density at radius 3 is 1.49 bits per heavy atom. The van der Waals surface area contributed by atoms with Crippen molar-refractivity contribution in [3.8, 4) is 0 Å². The molecule has 10 bridgehead atoms. The Kier molecular flexibility index (Phi) is 20.5. The van der Waals surface area contributed by atoms with Gasteiger partial charge < -0.3 is 30.8 Å². The second-order valence-corrected chi connectivity index (χ2v) is 27.4. The van der Waals surface area contributed by atoms with Gasteiger partial charge >= 0.3 is 0 Å². The van der Waals surface area contributed by atoms with Gasteiger partial charge in [0.05, 0.1) is 24.4 Å². The first-order chi connectivity index (χ1) is 40.8. The molecule has 20 atom stereocenters. The molecular weight excluding hydrogens is 1100 g/mol. The normalized spacial score (nSPS) is 37.2. The maximum Gasteiger partial charge on any atom is 0.0835 e. The third kappa shape index (κ3) is 13.1. The van der Waals surface area contributed by atoms with Gasteiger partial charge in [-0.3, -0.25) is 24.7 Å². The Bertz CT molecular complexity index is 2920. The number of nitrogens with one attached hydrogen (secondary N) is 1. The molecule has 0 radical (unpaired) electrons. The number of benzene rings is 3. The van der Waals surface area contributed by atoms with Crippen molar-refractivity contribution in [2.75, 3.05) is 59.5 Å². The molecular formula is C72H94Cl2N6O5. The van der Waals surface area contributed by atoms with Gasteiger partial charge in [0.25, 0.3) is 0 Å². The number of allylic oxidation sites excluding steroid dienone is 4. The third-order valence-electron chi connectivity index (χ3n) is 22.8. The largest absolute Gasteiger partial charge is 0.400 e. The fraction of sp³-hybridized carbons (Fsp3) is 0.556. The molecule has 85 heavy (non-hydrogen) atoms. The minimum Gasteiger partial charge on any atom is -0.400 e. The van der Waals surface area contributed by atoms with Gasteiger partial charge in [-0.05, 0) is 197 Å². The van der Waals surface area contributed by atoms with E-state index in [2.05, 4.69) is 164 Å². The molecule has 9 aliphatic carbocycles. The average molecular weight is 1190 g/mol. The van der Waals surface area contributed by atoms with Crippen LogP contribution in [0.15, 0.2) is 152 Å². The molecule has 6 N–H and O–H groups in total. The summed E-state index contributed by atoms with van der Waals surface area (Å²) in [5.41, 5.74) is 10.4. The molecule has 456 valence electrons. The van der Waals surface area contributed by atoms with Crippen LogP contribution in [-0.4, -0.2) is 134 Å². The summed E-state index contributed by atoms with van der Waals surface area (Å²) >= 11 is 0. The van der Waals surface area contributed by atoms with Crippen LogP contribution in [0.3, 0.4) is 0 Å². The molecule has 13 heteroatoms. The lowest BCUT2D eigenvalue weighted by Crippen LogP contribution is -2.39. The number of rotatable bonds is 6. The van der Waals surface area contributed by atoms with Crippen LogP contribution in [0.5, 0.6) is 0 Å². The number of nitrogens with zero attached hydrogens (tertiary/aromatic N) is 5. The summed E-state index contributed by atoms with van der Waals surface area (Å²) in [4.78, 5) is 16.3. The standard InChI is InChI=1S/C17H18N2.C17H23NO2.C17H21N.C10H12N2.C10H14O2.CH4O.2ClH/c1-2-4-13(5-3-1)10-19-11-14-8-15(12-19)17-9-18-7-6-16(14)17;19-15-7-14-12-6-13(16(14)17(15)20)10-18(9-12)8-11-4-2-1-3-5-11;1-2-5-13(6-3-1)10-18-11-14-9-15(12-18)17-8-4-7-16(14)17;1-2-11-6-10-8-3-7(9(1)10)4-12-5-8;11-9-7-4-8(10(9)12)6-3-1-2-5(6)7;1-2;;/h1-7,9,14-15H,8,10-12H2;1-5,12-17,19-20H,6-10H2;1-7,14-17H,8-12H2;1-2,6-8,12H,3-5H2;1-2,5-12H,3-4H2;2H,1H3;2*1H. The van der Waals surface area contributed by atoms with E-state index >= 15 is 0 Å². The maximum absolute atomic E-state index is 10.2. The van der Waals surface area contributed by atoms with Crippen LogP contribution >= 0.6 is 24.8 Å². The van der Waals surface area contributed by atoms with Crippen LogP contribution < -0.4 is 5.32 Å². The fourth-order valence-corrected chi connectivity index (χ4v) is 19.4. The van der Waals surface area contributed by atoms with Crippen molar-refractivity contribution in [1.29, 1.82) is 0 Å². The van der Waals surface area contributed by atoms with Crippen LogP contribution in [0.1, 0.15) is 114 Å². The molecule has 3 aromatic carbocycles. The van der Waals surface area contributed by atoms with E-state index in [-0.39, 0.29) is 24.8 Å². The molecule has 9 fully saturated rings. The molecule has 5 aromatic rings. The number of fused-ring (bicyclic) bond motifs is 25. The van der Waals surface area contributed by atoms with Crippen LogP contribution in [0.2, 0.25) is 0 Å². The Hall–Kier alpha value is -4.34. The summed E-state index contributed by atoms with van der Waals surface area (Å²) in [7, 11) is 1.00. The number of pyridine rings is 2. The van der Waals surface area contributed by atoms with E-state index in [0.717, 1.165) is 114 Å². The van der Waals surface area contributed by atoms with E-state index in [1.807, 2.05) is 18.6 Å². The van der Waals surface area contributed by atoms with E-state index in [1.165, 1.54) is 86.1 Å². The summed E-state index contributed by atoms with van der Waals surface area (Å²) in [6.07, 6.45) is 25.3. The summed E-state index contributed by atoms with van der Waals surface area (Å²) in [5.74, 6) is 10.8. The molecule has 6 heterocycles. The minimum absolute atomic E-state index is 0. The zero-order valence-corrected chi connectivity index (χ0v) is 51.3. The Morgan fingerprint density at radius 2 is 0.882 bits per heavy atom. The van der Waals surface area contributed by atoms with Crippen LogP contribution in [0.25, 0.3) is 0 Å². The molecule has 4 aliphatic heterocycles. The quantitative estimate of drug-likeness (QED) is 0.0903. The van der Waals surface area contributed by atoms with Crippen molar-refractivity contribution in [2.45, 2.75) is 119 Å². The maximum atomic E-state index is 10.2. The molecule has 2 aromatic heterocycles. The van der Waals surface area contributed by atoms with Gasteiger partial charge in [0, 0.05) is 104 Å². The lowest BCUT2D eigenvalue weighted by Gasteiger charge is -2.34. The number of piperidine rings is 4. The fourth-order valence-electron chi connectivity index (χ4n) is 19.4. The zero-order chi connectivity index (χ0) is 56.6. The first kappa shape index (κ1) is 62.3. The van der Waals surface area contributed by atoms with Crippen molar-refractivity contribution in [3.05, 3.63) is 191 Å². The van der Waals surface area contributed by atoms with Crippen LogP contribution in [-0.2, 0) is 19.6 Å². The molecule has 0 spiro atoms. The highest BCUT2D eigenvalue weighted by atomic mass is 35.5.